The Morgan fingerprint density at radius 1 is 1.10 bits per heavy atom. The molecule has 0 saturated heterocycles. The molecular formula is C21H24FN3O4. The molecule has 1 atom stereocenters. The number of ether oxygens (including phenoxy) is 1. The van der Waals surface area contributed by atoms with Crippen molar-refractivity contribution >= 4 is 23.6 Å². The van der Waals surface area contributed by atoms with Crippen LogP contribution in [-0.2, 0) is 16.1 Å². The fraction of sp³-hybridized carbons (Fsp3) is 0.286. The van der Waals surface area contributed by atoms with Crippen molar-refractivity contribution in [3.05, 3.63) is 65.5 Å². The molecule has 154 valence electrons. The zero-order chi connectivity index (χ0) is 21.2. The summed E-state index contributed by atoms with van der Waals surface area (Å²) in [6.07, 6.45) is 1.12. The minimum atomic E-state index is -0.755. The van der Waals surface area contributed by atoms with Crippen LogP contribution >= 0.6 is 0 Å². The molecule has 7 nitrogen and oxygen atoms in total. The predicted octanol–water partition coefficient (Wildman–Crippen LogP) is 3.22. The summed E-state index contributed by atoms with van der Waals surface area (Å²) in [7, 11) is 1.28. The first-order valence-electron chi connectivity index (χ1n) is 9.21. The molecule has 3 N–H and O–H groups in total. The summed E-state index contributed by atoms with van der Waals surface area (Å²) in [6, 6.07) is 10.8. The topological polar surface area (TPSA) is 96.5 Å². The monoisotopic (exact) mass is 401 g/mol. The Morgan fingerprint density at radius 2 is 1.83 bits per heavy atom. The quantitative estimate of drug-likeness (QED) is 0.592. The van der Waals surface area contributed by atoms with Crippen LogP contribution in [0.15, 0.2) is 48.5 Å². The van der Waals surface area contributed by atoms with Crippen LogP contribution in [0.25, 0.3) is 0 Å². The van der Waals surface area contributed by atoms with Crippen LogP contribution in [0.1, 0.15) is 35.7 Å². The van der Waals surface area contributed by atoms with Gasteiger partial charge in [0.25, 0.3) is 0 Å². The zero-order valence-corrected chi connectivity index (χ0v) is 16.3. The fourth-order valence-corrected chi connectivity index (χ4v) is 2.62. The number of benzene rings is 2. The SMILES string of the molecule is CCCC(NC(=O)NCc1ccc(F)cc1)C(=O)Nc1cccc(C(=O)OC)c1. The third kappa shape index (κ3) is 6.91. The standard InChI is InChI=1S/C21H24FN3O4/c1-3-5-18(25-21(28)23-13-14-8-10-16(22)11-9-14)19(26)24-17-7-4-6-15(12-17)20(27)29-2/h4,6-12,18H,3,5,13H2,1-2H3,(H,24,26)(H2,23,25,28). The van der Waals surface area contributed by atoms with E-state index in [1.807, 2.05) is 6.92 Å². The van der Waals surface area contributed by atoms with Crippen molar-refractivity contribution in [2.24, 2.45) is 0 Å². The lowest BCUT2D eigenvalue weighted by molar-refractivity contribution is -0.118. The lowest BCUT2D eigenvalue weighted by Crippen LogP contribution is -2.47. The molecule has 0 aliphatic rings. The molecule has 0 aliphatic carbocycles. The number of hydrogen-bond acceptors (Lipinski definition) is 4. The van der Waals surface area contributed by atoms with Crippen molar-refractivity contribution in [3.63, 3.8) is 0 Å². The van der Waals surface area contributed by atoms with Crippen molar-refractivity contribution in [1.29, 1.82) is 0 Å². The number of halogens is 1. The Kier molecular flexibility index (Phi) is 8.14. The Hall–Kier alpha value is -3.42. The first kappa shape index (κ1) is 21.9. The van der Waals surface area contributed by atoms with Gasteiger partial charge >= 0.3 is 12.0 Å². The van der Waals surface area contributed by atoms with Crippen molar-refractivity contribution in [2.75, 3.05) is 12.4 Å². The van der Waals surface area contributed by atoms with E-state index in [0.717, 1.165) is 5.56 Å². The summed E-state index contributed by atoms with van der Waals surface area (Å²) in [5, 5.41) is 7.99. The highest BCUT2D eigenvalue weighted by Crippen LogP contribution is 2.13. The van der Waals surface area contributed by atoms with Crippen molar-refractivity contribution in [2.45, 2.75) is 32.4 Å². The van der Waals surface area contributed by atoms with E-state index in [1.54, 1.807) is 30.3 Å². The highest BCUT2D eigenvalue weighted by atomic mass is 19.1. The number of nitrogens with one attached hydrogen (secondary N) is 3. The molecule has 0 aliphatic heterocycles. The third-order valence-electron chi connectivity index (χ3n) is 4.12. The Bertz CT molecular complexity index is 855. The number of methoxy groups -OCH3 is 1. The van der Waals surface area contributed by atoms with E-state index in [2.05, 4.69) is 20.7 Å². The molecule has 0 spiro atoms. The summed E-state index contributed by atoms with van der Waals surface area (Å²) in [5.74, 6) is -1.26. The van der Waals surface area contributed by atoms with E-state index in [-0.39, 0.29) is 12.4 Å². The minimum Gasteiger partial charge on any atom is -0.465 e. The molecule has 0 saturated carbocycles. The Morgan fingerprint density at radius 3 is 2.48 bits per heavy atom. The van der Waals surface area contributed by atoms with Crippen LogP contribution in [0.4, 0.5) is 14.9 Å². The molecule has 2 aromatic rings. The maximum Gasteiger partial charge on any atom is 0.337 e. The molecule has 0 heterocycles. The van der Waals surface area contributed by atoms with Gasteiger partial charge in [0.2, 0.25) is 5.91 Å². The first-order chi connectivity index (χ1) is 13.9. The van der Waals surface area contributed by atoms with E-state index in [9.17, 15) is 18.8 Å². The lowest BCUT2D eigenvalue weighted by Gasteiger charge is -2.18. The van der Waals surface area contributed by atoms with Gasteiger partial charge in [-0.2, -0.15) is 0 Å². The summed E-state index contributed by atoms with van der Waals surface area (Å²) in [4.78, 5) is 36.4. The molecule has 2 rings (SSSR count). The van der Waals surface area contributed by atoms with Crippen molar-refractivity contribution < 1.29 is 23.5 Å². The highest BCUT2D eigenvalue weighted by Gasteiger charge is 2.20. The number of carbonyl (C=O) groups excluding carboxylic acids is 3. The summed E-state index contributed by atoms with van der Waals surface area (Å²) < 4.78 is 17.6. The highest BCUT2D eigenvalue weighted by molar-refractivity contribution is 5.98. The molecule has 0 aromatic heterocycles. The number of hydrogen-bond donors (Lipinski definition) is 3. The van der Waals surface area contributed by atoms with Crippen LogP contribution < -0.4 is 16.0 Å². The smallest absolute Gasteiger partial charge is 0.337 e. The number of esters is 1. The third-order valence-corrected chi connectivity index (χ3v) is 4.12. The first-order valence-corrected chi connectivity index (χ1v) is 9.21. The van der Waals surface area contributed by atoms with Gasteiger partial charge in [-0.25, -0.2) is 14.0 Å². The Labute approximate surface area is 168 Å². The lowest BCUT2D eigenvalue weighted by atomic mass is 10.1. The molecule has 0 bridgehead atoms. The van der Waals surface area contributed by atoms with E-state index in [1.165, 1.54) is 25.3 Å². The number of amides is 3. The van der Waals surface area contributed by atoms with Crippen LogP contribution in [0.2, 0.25) is 0 Å². The number of urea groups is 1. The van der Waals surface area contributed by atoms with Crippen LogP contribution in [0.5, 0.6) is 0 Å². The largest absolute Gasteiger partial charge is 0.465 e. The fourth-order valence-electron chi connectivity index (χ4n) is 2.62. The normalized spacial score (nSPS) is 11.3. The number of anilines is 1. The van der Waals surface area contributed by atoms with Gasteiger partial charge in [-0.1, -0.05) is 31.5 Å². The van der Waals surface area contributed by atoms with Gasteiger partial charge in [0.1, 0.15) is 11.9 Å². The van der Waals surface area contributed by atoms with E-state index in [4.69, 9.17) is 0 Å². The second-order valence-electron chi connectivity index (χ2n) is 6.36. The van der Waals surface area contributed by atoms with E-state index >= 15 is 0 Å². The van der Waals surface area contributed by atoms with Gasteiger partial charge in [-0.3, -0.25) is 4.79 Å². The van der Waals surface area contributed by atoms with E-state index in [0.29, 0.717) is 24.1 Å². The van der Waals surface area contributed by atoms with Crippen molar-refractivity contribution in [1.82, 2.24) is 10.6 Å². The van der Waals surface area contributed by atoms with Gasteiger partial charge < -0.3 is 20.7 Å². The second kappa shape index (κ2) is 10.8. The number of rotatable bonds is 8. The molecular weight excluding hydrogens is 377 g/mol. The maximum atomic E-state index is 12.9. The molecule has 8 heteroatoms. The van der Waals surface area contributed by atoms with Gasteiger partial charge in [0, 0.05) is 12.2 Å². The molecule has 2 aromatic carbocycles. The minimum absolute atomic E-state index is 0.202. The van der Waals surface area contributed by atoms with Crippen LogP contribution in [0, 0.1) is 5.82 Å². The second-order valence-corrected chi connectivity index (χ2v) is 6.36. The zero-order valence-electron chi connectivity index (χ0n) is 16.3. The predicted molar refractivity (Wildman–Crippen MR) is 107 cm³/mol. The summed E-state index contributed by atoms with van der Waals surface area (Å²) in [5.41, 5.74) is 1.47. The molecule has 1 unspecified atom stereocenters. The van der Waals surface area contributed by atoms with Gasteiger partial charge in [-0.05, 0) is 42.3 Å². The summed E-state index contributed by atoms with van der Waals surface area (Å²) >= 11 is 0. The number of carbonyl (C=O) groups is 3. The molecule has 0 fully saturated rings. The van der Waals surface area contributed by atoms with E-state index < -0.39 is 23.9 Å². The van der Waals surface area contributed by atoms with Crippen LogP contribution in [-0.4, -0.2) is 31.1 Å². The molecule has 29 heavy (non-hydrogen) atoms. The van der Waals surface area contributed by atoms with Crippen molar-refractivity contribution in [3.8, 4) is 0 Å². The average Bonchev–Trinajstić information content (AvgIpc) is 2.72. The van der Waals surface area contributed by atoms with Crippen LogP contribution in [0.3, 0.4) is 0 Å². The average molecular weight is 401 g/mol. The molecule has 0 radical (unpaired) electrons. The maximum absolute atomic E-state index is 12.9. The van der Waals surface area contributed by atoms with Gasteiger partial charge in [0.15, 0.2) is 0 Å². The van der Waals surface area contributed by atoms with Gasteiger partial charge in [0.05, 0.1) is 12.7 Å². The molecule has 3 amide bonds. The summed E-state index contributed by atoms with van der Waals surface area (Å²) in [6.45, 7) is 2.10. The Balaban J connectivity index is 1.95. The van der Waals surface area contributed by atoms with Gasteiger partial charge in [-0.15, -0.1) is 0 Å².